The first kappa shape index (κ1) is 15.9. The first-order chi connectivity index (χ1) is 9.97. The summed E-state index contributed by atoms with van der Waals surface area (Å²) in [5.74, 6) is 0. The number of hydrogen-bond acceptors (Lipinski definition) is 2. The molecule has 1 aromatic carbocycles. The smallest absolute Gasteiger partial charge is 0.385 e. The molecule has 114 valence electrons. The van der Waals surface area contributed by atoms with E-state index in [-0.39, 0.29) is 5.69 Å². The number of aromatic nitrogens is 2. The van der Waals surface area contributed by atoms with Crippen LogP contribution in [-0.2, 0) is 12.7 Å². The van der Waals surface area contributed by atoms with Gasteiger partial charge in [-0.1, -0.05) is 15.9 Å². The van der Waals surface area contributed by atoms with Crippen LogP contribution in [0.25, 0.3) is 0 Å². The van der Waals surface area contributed by atoms with Crippen LogP contribution in [0, 0.1) is 0 Å². The van der Waals surface area contributed by atoms with Gasteiger partial charge >= 0.3 is 6.18 Å². The third kappa shape index (κ3) is 4.77. The minimum Gasteiger partial charge on any atom is -0.385 e. The number of anilines is 1. The van der Waals surface area contributed by atoms with Crippen molar-refractivity contribution < 1.29 is 13.2 Å². The monoisotopic (exact) mass is 361 g/mol. The zero-order valence-corrected chi connectivity index (χ0v) is 12.8. The minimum absolute atomic E-state index is 0.111. The number of halogens is 4. The number of nitrogens with zero attached hydrogens (tertiary/aromatic N) is 2. The molecule has 0 amide bonds. The van der Waals surface area contributed by atoms with E-state index in [0.717, 1.165) is 25.5 Å². The highest BCUT2D eigenvalue weighted by atomic mass is 79.9. The van der Waals surface area contributed by atoms with Crippen LogP contribution in [0.4, 0.5) is 18.9 Å². The van der Waals surface area contributed by atoms with Gasteiger partial charge in [-0.15, -0.1) is 0 Å². The number of benzene rings is 1. The van der Waals surface area contributed by atoms with E-state index in [1.54, 1.807) is 12.5 Å². The quantitative estimate of drug-likeness (QED) is 0.764. The van der Waals surface area contributed by atoms with Crippen LogP contribution >= 0.6 is 15.9 Å². The molecule has 0 atom stereocenters. The lowest BCUT2D eigenvalue weighted by atomic mass is 10.1. The van der Waals surface area contributed by atoms with Crippen molar-refractivity contribution in [1.29, 1.82) is 0 Å². The van der Waals surface area contributed by atoms with E-state index in [4.69, 9.17) is 0 Å². The summed E-state index contributed by atoms with van der Waals surface area (Å²) < 4.78 is 41.2. The van der Waals surface area contributed by atoms with Gasteiger partial charge < -0.3 is 9.88 Å². The second kappa shape index (κ2) is 6.98. The van der Waals surface area contributed by atoms with Crippen LogP contribution in [0.5, 0.6) is 0 Å². The Morgan fingerprint density at radius 3 is 2.71 bits per heavy atom. The molecule has 1 aromatic heterocycles. The maximum absolute atomic E-state index is 12.9. The summed E-state index contributed by atoms with van der Waals surface area (Å²) in [5.41, 5.74) is -0.528. The molecule has 21 heavy (non-hydrogen) atoms. The molecule has 0 saturated heterocycles. The summed E-state index contributed by atoms with van der Waals surface area (Å²) >= 11 is 3.19. The van der Waals surface area contributed by atoms with E-state index in [1.807, 2.05) is 10.8 Å². The van der Waals surface area contributed by atoms with E-state index < -0.39 is 11.7 Å². The van der Waals surface area contributed by atoms with Crippen LogP contribution < -0.4 is 5.32 Å². The molecular weight excluding hydrogens is 347 g/mol. The van der Waals surface area contributed by atoms with E-state index in [1.165, 1.54) is 12.1 Å². The Kier molecular flexibility index (Phi) is 5.27. The molecule has 2 aromatic rings. The first-order valence-corrected chi connectivity index (χ1v) is 7.32. The van der Waals surface area contributed by atoms with Gasteiger partial charge in [-0.3, -0.25) is 0 Å². The lowest BCUT2D eigenvalue weighted by molar-refractivity contribution is -0.137. The van der Waals surface area contributed by atoms with Crippen molar-refractivity contribution in [3.05, 3.63) is 47.0 Å². The Morgan fingerprint density at radius 1 is 1.24 bits per heavy atom. The third-order valence-corrected chi connectivity index (χ3v) is 3.50. The van der Waals surface area contributed by atoms with Crippen LogP contribution in [-0.4, -0.2) is 16.1 Å². The van der Waals surface area contributed by atoms with Crippen molar-refractivity contribution >= 4 is 21.6 Å². The van der Waals surface area contributed by atoms with Gasteiger partial charge in [0.05, 0.1) is 11.9 Å². The lowest BCUT2D eigenvalue weighted by Crippen LogP contribution is -2.12. The largest absolute Gasteiger partial charge is 0.418 e. The van der Waals surface area contributed by atoms with Crippen molar-refractivity contribution in [1.82, 2.24) is 9.55 Å². The highest BCUT2D eigenvalue weighted by Gasteiger charge is 2.33. The maximum Gasteiger partial charge on any atom is 0.418 e. The molecule has 0 aliphatic carbocycles. The van der Waals surface area contributed by atoms with Crippen LogP contribution in [0.2, 0.25) is 0 Å². The normalized spacial score (nSPS) is 11.6. The fourth-order valence-electron chi connectivity index (χ4n) is 1.97. The molecule has 0 unspecified atom stereocenters. The number of hydrogen-bond donors (Lipinski definition) is 1. The molecule has 1 N–H and O–H groups in total. The van der Waals surface area contributed by atoms with Gasteiger partial charge in [0.15, 0.2) is 0 Å². The zero-order chi connectivity index (χ0) is 15.3. The van der Waals surface area contributed by atoms with Crippen molar-refractivity contribution in [3.63, 3.8) is 0 Å². The average molecular weight is 362 g/mol. The Hall–Kier alpha value is -1.50. The van der Waals surface area contributed by atoms with Crippen molar-refractivity contribution in [3.8, 4) is 0 Å². The van der Waals surface area contributed by atoms with E-state index in [0.29, 0.717) is 11.0 Å². The van der Waals surface area contributed by atoms with Crippen LogP contribution in [0.1, 0.15) is 18.4 Å². The molecule has 7 heteroatoms. The molecule has 0 spiro atoms. The number of rotatable bonds is 6. The third-order valence-electron chi connectivity index (χ3n) is 3.00. The maximum atomic E-state index is 12.9. The summed E-state index contributed by atoms with van der Waals surface area (Å²) in [6, 6.07) is 3.93. The number of nitrogens with one attached hydrogen (secondary N) is 1. The van der Waals surface area contributed by atoms with Gasteiger partial charge in [-0.05, 0) is 31.0 Å². The minimum atomic E-state index is -4.35. The summed E-state index contributed by atoms with van der Waals surface area (Å²) in [6.45, 7) is 1.31. The molecule has 0 saturated carbocycles. The Balaban J connectivity index is 1.86. The van der Waals surface area contributed by atoms with Gasteiger partial charge in [0, 0.05) is 35.6 Å². The fraction of sp³-hybridized carbons (Fsp3) is 0.357. The Morgan fingerprint density at radius 2 is 2.05 bits per heavy atom. The highest BCUT2D eigenvalue weighted by molar-refractivity contribution is 9.10. The van der Waals surface area contributed by atoms with Gasteiger partial charge in [-0.2, -0.15) is 13.2 Å². The molecule has 1 heterocycles. The highest BCUT2D eigenvalue weighted by Crippen LogP contribution is 2.36. The van der Waals surface area contributed by atoms with E-state index in [9.17, 15) is 13.2 Å². The number of alkyl halides is 3. The van der Waals surface area contributed by atoms with Crippen molar-refractivity contribution in [2.75, 3.05) is 11.9 Å². The van der Waals surface area contributed by atoms with Gasteiger partial charge in [0.25, 0.3) is 0 Å². The second-order valence-electron chi connectivity index (χ2n) is 4.62. The van der Waals surface area contributed by atoms with Crippen LogP contribution in [0.15, 0.2) is 41.4 Å². The van der Waals surface area contributed by atoms with E-state index in [2.05, 4.69) is 26.2 Å². The lowest BCUT2D eigenvalue weighted by Gasteiger charge is -2.15. The predicted octanol–water partition coefficient (Wildman–Crippen LogP) is 4.56. The predicted molar refractivity (Wildman–Crippen MR) is 79.1 cm³/mol. The first-order valence-electron chi connectivity index (χ1n) is 6.53. The van der Waals surface area contributed by atoms with E-state index >= 15 is 0 Å². The molecule has 0 aliphatic rings. The molecule has 0 fully saturated rings. The standard InChI is InChI=1S/C14H15BrF3N3/c15-11-3-4-12(14(16,17)18)13(9-11)20-5-1-2-7-21-8-6-19-10-21/h3-4,6,8-10,20H,1-2,5,7H2. The molecule has 0 bridgehead atoms. The molecule has 3 nitrogen and oxygen atoms in total. The molecule has 0 aliphatic heterocycles. The topological polar surface area (TPSA) is 29.9 Å². The number of aryl methyl sites for hydroxylation is 1. The van der Waals surface area contributed by atoms with Gasteiger partial charge in [0.2, 0.25) is 0 Å². The Labute approximate surface area is 129 Å². The van der Waals surface area contributed by atoms with Gasteiger partial charge in [-0.25, -0.2) is 4.98 Å². The van der Waals surface area contributed by atoms with Crippen molar-refractivity contribution in [2.24, 2.45) is 0 Å². The fourth-order valence-corrected chi connectivity index (χ4v) is 2.33. The van der Waals surface area contributed by atoms with Crippen molar-refractivity contribution in [2.45, 2.75) is 25.6 Å². The van der Waals surface area contributed by atoms with Gasteiger partial charge in [0.1, 0.15) is 0 Å². The summed E-state index contributed by atoms with van der Waals surface area (Å²) in [6.07, 6.45) is 2.60. The summed E-state index contributed by atoms with van der Waals surface area (Å²) in [5, 5.41) is 2.87. The number of unbranched alkanes of at least 4 members (excludes halogenated alkanes) is 1. The molecule has 2 rings (SSSR count). The van der Waals surface area contributed by atoms with Crippen LogP contribution in [0.3, 0.4) is 0 Å². The SMILES string of the molecule is FC(F)(F)c1ccc(Br)cc1NCCCCn1ccnc1. The summed E-state index contributed by atoms with van der Waals surface area (Å²) in [4.78, 5) is 3.93. The zero-order valence-electron chi connectivity index (χ0n) is 11.2. The second-order valence-corrected chi connectivity index (χ2v) is 5.54. The number of imidazole rings is 1. The summed E-state index contributed by atoms with van der Waals surface area (Å²) in [7, 11) is 0. The molecular formula is C14H15BrF3N3. The molecule has 0 radical (unpaired) electrons. The average Bonchev–Trinajstić information content (AvgIpc) is 2.90. The Bertz CT molecular complexity index is 567.